The maximum atomic E-state index is 13.1. The molecule has 1 aromatic carbocycles. The molecule has 7 heteroatoms. The Morgan fingerprint density at radius 2 is 2.00 bits per heavy atom. The van der Waals surface area contributed by atoms with E-state index in [-0.39, 0.29) is 17.7 Å². The van der Waals surface area contributed by atoms with E-state index in [0.29, 0.717) is 24.3 Å². The van der Waals surface area contributed by atoms with Gasteiger partial charge in [0.15, 0.2) is 0 Å². The minimum absolute atomic E-state index is 0.0227. The second-order valence-electron chi connectivity index (χ2n) is 7.14. The number of thiophene rings is 1. The Labute approximate surface area is 169 Å². The van der Waals surface area contributed by atoms with Crippen molar-refractivity contribution in [3.05, 3.63) is 51.7 Å². The summed E-state index contributed by atoms with van der Waals surface area (Å²) in [5.41, 5.74) is 2.71. The van der Waals surface area contributed by atoms with Gasteiger partial charge >= 0.3 is 0 Å². The van der Waals surface area contributed by atoms with Gasteiger partial charge in [-0.2, -0.15) is 0 Å². The largest absolute Gasteiger partial charge is 0.347 e. The van der Waals surface area contributed by atoms with Crippen molar-refractivity contribution in [1.29, 1.82) is 0 Å². The van der Waals surface area contributed by atoms with Crippen LogP contribution in [-0.4, -0.2) is 47.7 Å². The number of hydrogen-bond donors (Lipinski definition) is 1. The van der Waals surface area contributed by atoms with Gasteiger partial charge in [-0.15, -0.1) is 11.3 Å². The molecule has 3 amide bonds. The number of benzene rings is 1. The van der Waals surface area contributed by atoms with Gasteiger partial charge in [-0.25, -0.2) is 0 Å². The number of nitrogens with zero attached hydrogens (tertiary/aromatic N) is 2. The highest BCUT2D eigenvalue weighted by Crippen LogP contribution is 2.29. The number of rotatable bonds is 5. The summed E-state index contributed by atoms with van der Waals surface area (Å²) < 4.78 is 0. The summed E-state index contributed by atoms with van der Waals surface area (Å²) in [6.07, 6.45) is 1.72. The number of anilines is 1. The van der Waals surface area contributed by atoms with Crippen LogP contribution in [0.4, 0.5) is 5.69 Å². The van der Waals surface area contributed by atoms with Crippen LogP contribution in [0, 0.1) is 0 Å². The van der Waals surface area contributed by atoms with Crippen LogP contribution in [0.3, 0.4) is 0 Å². The molecule has 0 saturated carbocycles. The molecule has 1 aromatic heterocycles. The van der Waals surface area contributed by atoms with Crippen LogP contribution in [0.15, 0.2) is 35.7 Å². The number of carbonyl (C=O) groups excluding carboxylic acids is 3. The Bertz CT molecular complexity index is 877. The number of carbonyl (C=O) groups is 3. The third-order valence-corrected chi connectivity index (χ3v) is 5.67. The minimum atomic E-state index is -0.530. The zero-order chi connectivity index (χ0) is 20.3. The second-order valence-corrected chi connectivity index (χ2v) is 8.09. The van der Waals surface area contributed by atoms with E-state index in [0.717, 1.165) is 23.2 Å². The Balaban J connectivity index is 1.90. The maximum absolute atomic E-state index is 13.1. The van der Waals surface area contributed by atoms with Crippen molar-refractivity contribution in [1.82, 2.24) is 9.80 Å². The average Bonchev–Trinajstić information content (AvgIpc) is 3.20. The molecule has 0 unspecified atom stereocenters. The molecule has 0 spiro atoms. The van der Waals surface area contributed by atoms with Crippen LogP contribution in [0.25, 0.3) is 0 Å². The fraction of sp³-hybridized carbons (Fsp3) is 0.381. The highest BCUT2D eigenvalue weighted by Gasteiger charge is 2.36. The number of amides is 3. The van der Waals surface area contributed by atoms with E-state index in [4.69, 9.17) is 0 Å². The van der Waals surface area contributed by atoms with Crippen molar-refractivity contribution >= 4 is 34.7 Å². The fourth-order valence-corrected chi connectivity index (χ4v) is 4.07. The lowest BCUT2D eigenvalue weighted by atomic mass is 9.92. The van der Waals surface area contributed by atoms with Crippen molar-refractivity contribution in [3.63, 3.8) is 0 Å². The summed E-state index contributed by atoms with van der Waals surface area (Å²) in [5.74, 6) is -0.248. The van der Waals surface area contributed by atoms with Crippen LogP contribution >= 0.6 is 11.3 Å². The highest BCUT2D eigenvalue weighted by atomic mass is 32.1. The Morgan fingerprint density at radius 3 is 2.64 bits per heavy atom. The molecule has 1 aliphatic heterocycles. The highest BCUT2D eigenvalue weighted by molar-refractivity contribution is 7.12. The number of nitrogens with one attached hydrogen (secondary N) is 1. The number of fused-ring (bicyclic) bond motifs is 1. The van der Waals surface area contributed by atoms with Gasteiger partial charge in [0.2, 0.25) is 11.8 Å². The van der Waals surface area contributed by atoms with Crippen molar-refractivity contribution < 1.29 is 14.4 Å². The van der Waals surface area contributed by atoms with E-state index >= 15 is 0 Å². The average molecular weight is 400 g/mol. The van der Waals surface area contributed by atoms with Gasteiger partial charge in [-0.05, 0) is 41.1 Å². The summed E-state index contributed by atoms with van der Waals surface area (Å²) in [6.45, 7) is 2.30. The van der Waals surface area contributed by atoms with Crippen LogP contribution in [0.2, 0.25) is 0 Å². The zero-order valence-electron chi connectivity index (χ0n) is 16.4. The molecule has 28 heavy (non-hydrogen) atoms. The summed E-state index contributed by atoms with van der Waals surface area (Å²) in [6, 6.07) is 8.80. The van der Waals surface area contributed by atoms with Crippen molar-refractivity contribution in [2.24, 2.45) is 0 Å². The first-order chi connectivity index (χ1) is 13.4. The van der Waals surface area contributed by atoms with Gasteiger partial charge in [0.25, 0.3) is 5.91 Å². The molecule has 0 aliphatic carbocycles. The first kappa shape index (κ1) is 20.1. The first-order valence-corrected chi connectivity index (χ1v) is 10.3. The molecule has 148 valence electrons. The third kappa shape index (κ3) is 4.25. The number of hydrogen-bond acceptors (Lipinski definition) is 4. The van der Waals surface area contributed by atoms with E-state index < -0.39 is 6.04 Å². The Hall–Kier alpha value is -2.67. The lowest BCUT2D eigenvalue weighted by Crippen LogP contribution is -2.52. The van der Waals surface area contributed by atoms with Crippen LogP contribution in [0.1, 0.15) is 40.6 Å². The molecule has 1 N–H and O–H groups in total. The van der Waals surface area contributed by atoms with Gasteiger partial charge in [0.1, 0.15) is 6.04 Å². The van der Waals surface area contributed by atoms with Crippen molar-refractivity contribution in [2.45, 2.75) is 38.8 Å². The zero-order valence-corrected chi connectivity index (χ0v) is 17.2. The van der Waals surface area contributed by atoms with Crippen LogP contribution in [0.5, 0.6) is 0 Å². The van der Waals surface area contributed by atoms with Gasteiger partial charge in [-0.3, -0.25) is 14.4 Å². The Morgan fingerprint density at radius 1 is 1.21 bits per heavy atom. The third-order valence-electron chi connectivity index (χ3n) is 4.82. The maximum Gasteiger partial charge on any atom is 0.264 e. The molecular weight excluding hydrogens is 374 g/mol. The van der Waals surface area contributed by atoms with E-state index in [1.54, 1.807) is 25.1 Å². The smallest absolute Gasteiger partial charge is 0.264 e. The predicted molar refractivity (Wildman–Crippen MR) is 110 cm³/mol. The van der Waals surface area contributed by atoms with Gasteiger partial charge in [0.05, 0.1) is 4.88 Å². The lowest BCUT2D eigenvalue weighted by molar-refractivity contribution is -0.134. The molecule has 0 saturated heterocycles. The summed E-state index contributed by atoms with van der Waals surface area (Å²) in [7, 11) is 3.41. The van der Waals surface area contributed by atoms with E-state index in [1.165, 1.54) is 16.2 Å². The van der Waals surface area contributed by atoms with Gasteiger partial charge in [0, 0.05) is 39.2 Å². The molecule has 0 fully saturated rings. The summed E-state index contributed by atoms with van der Waals surface area (Å²) >= 11 is 1.37. The summed E-state index contributed by atoms with van der Waals surface area (Å²) in [4.78, 5) is 41.5. The normalized spacial score (nSPS) is 15.7. The first-order valence-electron chi connectivity index (χ1n) is 9.38. The fourth-order valence-electron chi connectivity index (χ4n) is 3.39. The van der Waals surface area contributed by atoms with Crippen molar-refractivity contribution in [2.75, 3.05) is 19.4 Å². The quantitative estimate of drug-likeness (QED) is 0.840. The molecule has 6 nitrogen and oxygen atoms in total. The summed E-state index contributed by atoms with van der Waals surface area (Å²) in [5, 5.41) is 4.76. The second kappa shape index (κ2) is 8.56. The van der Waals surface area contributed by atoms with E-state index in [1.807, 2.05) is 36.6 Å². The molecule has 2 aromatic rings. The van der Waals surface area contributed by atoms with Gasteiger partial charge in [-0.1, -0.05) is 19.1 Å². The van der Waals surface area contributed by atoms with Crippen LogP contribution in [-0.2, 0) is 22.6 Å². The molecule has 3 rings (SSSR count). The molecule has 1 aliphatic rings. The van der Waals surface area contributed by atoms with Gasteiger partial charge < -0.3 is 15.1 Å². The standard InChI is InChI=1S/C21H25N3O3S/c1-4-6-19(25)22-16-9-8-14-12-17(20(26)23(2)3)24(13-15(14)11-16)21(27)18-7-5-10-28-18/h5,7-11,17H,4,6,12-13H2,1-3H3,(H,22,25)/t17-/m1/s1. The monoisotopic (exact) mass is 399 g/mol. The van der Waals surface area contributed by atoms with E-state index in [2.05, 4.69) is 5.32 Å². The minimum Gasteiger partial charge on any atom is -0.347 e. The molecular formula is C21H25N3O3S. The predicted octanol–water partition coefficient (Wildman–Crippen LogP) is 3.14. The molecule has 0 bridgehead atoms. The molecule has 1 atom stereocenters. The molecule has 2 heterocycles. The van der Waals surface area contributed by atoms with Crippen molar-refractivity contribution in [3.8, 4) is 0 Å². The van der Waals surface area contributed by atoms with Crippen LogP contribution < -0.4 is 5.32 Å². The SMILES string of the molecule is CCCC(=O)Nc1ccc2c(c1)CN(C(=O)c1cccs1)[C@@H](C(=O)N(C)C)C2. The molecule has 0 radical (unpaired) electrons. The Kier molecular flexibility index (Phi) is 6.14. The van der Waals surface area contributed by atoms with E-state index in [9.17, 15) is 14.4 Å². The lowest BCUT2D eigenvalue weighted by Gasteiger charge is -2.37. The number of likely N-dealkylation sites (N-methyl/N-ethyl adjacent to an activating group) is 1. The topological polar surface area (TPSA) is 69.7 Å².